The van der Waals surface area contributed by atoms with Crippen LogP contribution in [-0.4, -0.2) is 6.61 Å². The van der Waals surface area contributed by atoms with Gasteiger partial charge in [0.15, 0.2) is 0 Å². The molecule has 0 aliphatic rings. The molecule has 0 atom stereocenters. The third kappa shape index (κ3) is 5.96. The predicted molar refractivity (Wildman–Crippen MR) is 30.8 cm³/mol. The quantitative estimate of drug-likeness (QED) is 0.527. The minimum Gasteiger partial charge on any atom is -0.376 e. The summed E-state index contributed by atoms with van der Waals surface area (Å²) in [5.41, 5.74) is 0. The van der Waals surface area contributed by atoms with Crippen molar-refractivity contribution in [1.82, 2.24) is 0 Å². The van der Waals surface area contributed by atoms with Crippen molar-refractivity contribution in [2.75, 3.05) is 6.61 Å². The second-order valence-corrected chi connectivity index (χ2v) is 1.84. The molecule has 0 aromatic carbocycles. The van der Waals surface area contributed by atoms with E-state index in [1.807, 2.05) is 13.5 Å². The molecule has 0 aromatic rings. The zero-order chi connectivity index (χ0) is 5.70. The summed E-state index contributed by atoms with van der Waals surface area (Å²) >= 11 is 0. The first kappa shape index (κ1) is 6.96. The highest BCUT2D eigenvalue weighted by molar-refractivity contribution is 4.53. The monoisotopic (exact) mass is 101 g/mol. The fourth-order valence-corrected chi connectivity index (χ4v) is 0.289. The molecule has 7 heavy (non-hydrogen) atoms. The number of ether oxygens (including phenoxy) is 1. The molecule has 0 aromatic heterocycles. The van der Waals surface area contributed by atoms with Crippen molar-refractivity contribution in [3.8, 4) is 0 Å². The SMILES string of the molecule is CCO[CH]C(C)C. The Morgan fingerprint density at radius 1 is 1.57 bits per heavy atom. The average molecular weight is 101 g/mol. The summed E-state index contributed by atoms with van der Waals surface area (Å²) < 4.78 is 4.97. The van der Waals surface area contributed by atoms with Gasteiger partial charge in [0.05, 0.1) is 6.61 Å². The second kappa shape index (κ2) is 4.13. The van der Waals surface area contributed by atoms with E-state index in [1.165, 1.54) is 0 Å². The summed E-state index contributed by atoms with van der Waals surface area (Å²) in [6.07, 6.45) is 0. The molecule has 0 saturated heterocycles. The average Bonchev–Trinajstić information content (AvgIpc) is 1.61. The molecule has 0 saturated carbocycles. The van der Waals surface area contributed by atoms with E-state index in [4.69, 9.17) is 4.74 Å². The lowest BCUT2D eigenvalue weighted by Crippen LogP contribution is -1.92. The lowest BCUT2D eigenvalue weighted by atomic mass is 10.2. The maximum absolute atomic E-state index is 4.97. The van der Waals surface area contributed by atoms with E-state index >= 15 is 0 Å². The molecule has 0 fully saturated rings. The van der Waals surface area contributed by atoms with Crippen molar-refractivity contribution in [2.24, 2.45) is 5.92 Å². The zero-order valence-corrected chi connectivity index (χ0v) is 5.27. The van der Waals surface area contributed by atoms with E-state index in [9.17, 15) is 0 Å². The predicted octanol–water partition coefficient (Wildman–Crippen LogP) is 1.84. The van der Waals surface area contributed by atoms with Gasteiger partial charge in [-0.3, -0.25) is 0 Å². The Labute approximate surface area is 45.7 Å². The van der Waals surface area contributed by atoms with Crippen LogP contribution in [0.5, 0.6) is 0 Å². The molecular formula is C6H13O. The Kier molecular flexibility index (Phi) is 4.10. The third-order valence-electron chi connectivity index (χ3n) is 0.535. The maximum Gasteiger partial charge on any atom is 0.0861 e. The molecule has 1 heteroatoms. The Morgan fingerprint density at radius 2 is 2.14 bits per heavy atom. The molecule has 0 amide bonds. The van der Waals surface area contributed by atoms with Gasteiger partial charge in [-0.05, 0) is 12.8 Å². The van der Waals surface area contributed by atoms with Gasteiger partial charge in [0.25, 0.3) is 0 Å². The van der Waals surface area contributed by atoms with E-state index in [2.05, 4.69) is 13.8 Å². The minimum atomic E-state index is 0.556. The summed E-state index contributed by atoms with van der Waals surface area (Å²) in [4.78, 5) is 0. The topological polar surface area (TPSA) is 9.23 Å². The first-order valence-corrected chi connectivity index (χ1v) is 2.72. The van der Waals surface area contributed by atoms with Crippen LogP contribution in [0.15, 0.2) is 0 Å². The van der Waals surface area contributed by atoms with Gasteiger partial charge in [0.1, 0.15) is 0 Å². The van der Waals surface area contributed by atoms with E-state index < -0.39 is 0 Å². The van der Waals surface area contributed by atoms with Gasteiger partial charge in [0, 0.05) is 6.61 Å². The summed E-state index contributed by atoms with van der Waals surface area (Å²) in [5.74, 6) is 0.556. The van der Waals surface area contributed by atoms with E-state index in [1.54, 1.807) is 0 Å². The second-order valence-electron chi connectivity index (χ2n) is 1.84. The smallest absolute Gasteiger partial charge is 0.0861 e. The van der Waals surface area contributed by atoms with Crippen LogP contribution in [0.1, 0.15) is 20.8 Å². The van der Waals surface area contributed by atoms with Gasteiger partial charge in [-0.1, -0.05) is 13.8 Å². The Morgan fingerprint density at radius 3 is 2.29 bits per heavy atom. The van der Waals surface area contributed by atoms with Gasteiger partial charge in [-0.25, -0.2) is 0 Å². The molecule has 0 heterocycles. The normalized spacial score (nSPS) is 10.3. The van der Waals surface area contributed by atoms with Gasteiger partial charge in [-0.15, -0.1) is 0 Å². The fourth-order valence-electron chi connectivity index (χ4n) is 0.289. The third-order valence-corrected chi connectivity index (χ3v) is 0.535. The van der Waals surface area contributed by atoms with E-state index in [-0.39, 0.29) is 0 Å². The highest BCUT2D eigenvalue weighted by atomic mass is 16.5. The molecule has 1 nitrogen and oxygen atoms in total. The van der Waals surface area contributed by atoms with Crippen molar-refractivity contribution in [3.63, 3.8) is 0 Å². The largest absolute Gasteiger partial charge is 0.376 e. The van der Waals surface area contributed by atoms with Gasteiger partial charge in [0.2, 0.25) is 0 Å². The van der Waals surface area contributed by atoms with Crippen LogP contribution in [0.4, 0.5) is 0 Å². The molecule has 0 spiro atoms. The number of hydrogen-bond donors (Lipinski definition) is 0. The first-order valence-electron chi connectivity index (χ1n) is 2.72. The molecular weight excluding hydrogens is 88.1 g/mol. The molecule has 0 bridgehead atoms. The van der Waals surface area contributed by atoms with Gasteiger partial charge >= 0.3 is 0 Å². The van der Waals surface area contributed by atoms with E-state index in [0.29, 0.717) is 5.92 Å². The van der Waals surface area contributed by atoms with Crippen LogP contribution >= 0.6 is 0 Å². The summed E-state index contributed by atoms with van der Waals surface area (Å²) in [6.45, 7) is 8.81. The zero-order valence-electron chi connectivity index (χ0n) is 5.27. The lowest BCUT2D eigenvalue weighted by molar-refractivity contribution is 0.188. The van der Waals surface area contributed by atoms with Crippen LogP contribution in [0.3, 0.4) is 0 Å². The van der Waals surface area contributed by atoms with Crippen molar-refractivity contribution in [2.45, 2.75) is 20.8 Å². The van der Waals surface area contributed by atoms with Crippen molar-refractivity contribution >= 4 is 0 Å². The van der Waals surface area contributed by atoms with Crippen molar-refractivity contribution in [1.29, 1.82) is 0 Å². The number of rotatable bonds is 3. The molecule has 0 N–H and O–H groups in total. The van der Waals surface area contributed by atoms with Crippen LogP contribution in [-0.2, 0) is 4.74 Å². The van der Waals surface area contributed by atoms with Crippen LogP contribution < -0.4 is 0 Å². The van der Waals surface area contributed by atoms with E-state index in [0.717, 1.165) is 6.61 Å². The summed E-state index contributed by atoms with van der Waals surface area (Å²) in [6, 6.07) is 0. The van der Waals surface area contributed by atoms with Crippen molar-refractivity contribution in [3.05, 3.63) is 6.61 Å². The molecule has 43 valence electrons. The Bertz CT molecular complexity index is 33.2. The van der Waals surface area contributed by atoms with Gasteiger partial charge < -0.3 is 4.74 Å². The molecule has 0 unspecified atom stereocenters. The Hall–Kier alpha value is -0.0400. The van der Waals surface area contributed by atoms with Gasteiger partial charge in [-0.2, -0.15) is 0 Å². The van der Waals surface area contributed by atoms with Crippen LogP contribution in [0.25, 0.3) is 0 Å². The lowest BCUT2D eigenvalue weighted by Gasteiger charge is -2.00. The van der Waals surface area contributed by atoms with Crippen LogP contribution in [0, 0.1) is 12.5 Å². The van der Waals surface area contributed by atoms with Crippen LogP contribution in [0.2, 0.25) is 0 Å². The van der Waals surface area contributed by atoms with Crippen molar-refractivity contribution < 1.29 is 4.74 Å². The molecule has 1 radical (unpaired) electrons. The number of hydrogen-bond acceptors (Lipinski definition) is 1. The summed E-state index contributed by atoms with van der Waals surface area (Å²) in [7, 11) is 0. The Balaban J connectivity index is 2.68. The summed E-state index contributed by atoms with van der Waals surface area (Å²) in [5, 5.41) is 0. The molecule has 0 aliphatic heterocycles. The highest BCUT2D eigenvalue weighted by Crippen LogP contribution is 1.96. The maximum atomic E-state index is 4.97. The first-order chi connectivity index (χ1) is 3.27. The fraction of sp³-hybridized carbons (Fsp3) is 0.833. The minimum absolute atomic E-state index is 0.556. The molecule has 0 rings (SSSR count). The molecule has 0 aliphatic carbocycles. The standard InChI is InChI=1S/C6H13O/c1-4-7-5-6(2)3/h5-6H,4H2,1-3H3. The highest BCUT2D eigenvalue weighted by Gasteiger charge is 1.89.